The van der Waals surface area contributed by atoms with Gasteiger partial charge in [0, 0.05) is 17.7 Å². The molecule has 0 saturated heterocycles. The third-order valence-electron chi connectivity index (χ3n) is 4.18. The van der Waals surface area contributed by atoms with Crippen molar-refractivity contribution in [3.05, 3.63) is 59.2 Å². The Morgan fingerprint density at radius 1 is 1.07 bits per heavy atom. The Labute approximate surface area is 159 Å². The maximum atomic E-state index is 12.2. The summed E-state index contributed by atoms with van der Waals surface area (Å²) in [5.74, 6) is -1.03. The Balaban J connectivity index is 1.51. The van der Waals surface area contributed by atoms with E-state index in [4.69, 9.17) is 4.74 Å². The monoisotopic (exact) mass is 389 g/mol. The van der Waals surface area contributed by atoms with Gasteiger partial charge >= 0.3 is 12.6 Å². The van der Waals surface area contributed by atoms with Crippen molar-refractivity contribution in [2.45, 2.75) is 25.9 Å². The highest BCUT2D eigenvalue weighted by atomic mass is 19.3. The molecular formula is C20H17F2NO5. The molecule has 0 aromatic heterocycles. The quantitative estimate of drug-likeness (QED) is 0.581. The number of benzene rings is 2. The molecule has 0 unspecified atom stereocenters. The number of carbonyl (C=O) groups is 3. The topological polar surface area (TPSA) is 81.7 Å². The van der Waals surface area contributed by atoms with Gasteiger partial charge in [0.15, 0.2) is 12.4 Å². The molecule has 1 amide bonds. The van der Waals surface area contributed by atoms with Crippen LogP contribution >= 0.6 is 0 Å². The summed E-state index contributed by atoms with van der Waals surface area (Å²) >= 11 is 0. The van der Waals surface area contributed by atoms with Gasteiger partial charge in [-0.15, -0.1) is 0 Å². The van der Waals surface area contributed by atoms with Gasteiger partial charge in [-0.1, -0.05) is 12.1 Å². The molecule has 2 aromatic rings. The number of aryl methyl sites for hydroxylation is 1. The lowest BCUT2D eigenvalue weighted by atomic mass is 9.99. The predicted octanol–water partition coefficient (Wildman–Crippen LogP) is 3.14. The molecule has 0 fully saturated rings. The highest BCUT2D eigenvalue weighted by molar-refractivity contribution is 6.00. The zero-order chi connectivity index (χ0) is 20.1. The number of ketones is 1. The molecule has 0 spiro atoms. The van der Waals surface area contributed by atoms with Crippen LogP contribution in [-0.2, 0) is 27.2 Å². The molecule has 1 N–H and O–H groups in total. The van der Waals surface area contributed by atoms with E-state index in [1.807, 2.05) is 0 Å². The number of rotatable bonds is 7. The van der Waals surface area contributed by atoms with E-state index in [2.05, 4.69) is 10.1 Å². The third kappa shape index (κ3) is 5.12. The summed E-state index contributed by atoms with van der Waals surface area (Å²) in [6.45, 7) is -3.32. The van der Waals surface area contributed by atoms with Crippen molar-refractivity contribution >= 4 is 23.3 Å². The molecule has 0 atom stereocenters. The summed E-state index contributed by atoms with van der Waals surface area (Å²) in [6.07, 6.45) is 0.812. The molecule has 0 bridgehead atoms. The SMILES string of the molecule is O=C1CCc2cc(C(=O)COC(=O)Cc3ccc(OC(F)F)cc3)ccc2N1. The number of ether oxygens (including phenoxy) is 2. The molecule has 1 heterocycles. The van der Waals surface area contributed by atoms with Crippen molar-refractivity contribution in [1.29, 1.82) is 0 Å². The highest BCUT2D eigenvalue weighted by Crippen LogP contribution is 2.23. The second-order valence-electron chi connectivity index (χ2n) is 6.20. The third-order valence-corrected chi connectivity index (χ3v) is 4.18. The summed E-state index contributed by atoms with van der Waals surface area (Å²) in [7, 11) is 0. The number of Topliss-reactive ketones (excluding diaryl/α,β-unsaturated/α-hetero) is 1. The summed E-state index contributed by atoms with van der Waals surface area (Å²) in [5, 5.41) is 2.73. The van der Waals surface area contributed by atoms with Crippen LogP contribution in [-0.4, -0.2) is 30.9 Å². The Morgan fingerprint density at radius 3 is 2.54 bits per heavy atom. The van der Waals surface area contributed by atoms with Crippen LogP contribution in [0.1, 0.15) is 27.9 Å². The minimum absolute atomic E-state index is 0.00843. The first-order valence-corrected chi connectivity index (χ1v) is 8.56. The molecule has 0 saturated carbocycles. The first-order chi connectivity index (χ1) is 13.4. The van der Waals surface area contributed by atoms with E-state index in [0.29, 0.717) is 29.7 Å². The normalized spacial score (nSPS) is 12.9. The number of hydrogen-bond donors (Lipinski definition) is 1. The maximum Gasteiger partial charge on any atom is 0.387 e. The first-order valence-electron chi connectivity index (χ1n) is 8.56. The fourth-order valence-electron chi connectivity index (χ4n) is 2.79. The summed E-state index contributed by atoms with van der Waals surface area (Å²) in [5.41, 5.74) is 2.49. The zero-order valence-electron chi connectivity index (χ0n) is 14.7. The van der Waals surface area contributed by atoms with E-state index >= 15 is 0 Å². The second kappa shape index (κ2) is 8.60. The molecule has 28 heavy (non-hydrogen) atoms. The van der Waals surface area contributed by atoms with Gasteiger partial charge in [-0.05, 0) is 47.9 Å². The van der Waals surface area contributed by atoms with Gasteiger partial charge in [0.05, 0.1) is 6.42 Å². The van der Waals surface area contributed by atoms with Crippen LogP contribution in [0.3, 0.4) is 0 Å². The predicted molar refractivity (Wildman–Crippen MR) is 95.5 cm³/mol. The van der Waals surface area contributed by atoms with E-state index in [0.717, 1.165) is 5.56 Å². The van der Waals surface area contributed by atoms with Crippen LogP contribution in [0.15, 0.2) is 42.5 Å². The Hall–Kier alpha value is -3.29. The number of amides is 1. The van der Waals surface area contributed by atoms with Crippen molar-refractivity contribution in [3.63, 3.8) is 0 Å². The molecule has 8 heteroatoms. The summed E-state index contributed by atoms with van der Waals surface area (Å²) in [6, 6.07) is 10.5. The second-order valence-corrected chi connectivity index (χ2v) is 6.20. The smallest absolute Gasteiger partial charge is 0.387 e. The molecule has 6 nitrogen and oxygen atoms in total. The maximum absolute atomic E-state index is 12.2. The molecule has 3 rings (SSSR count). The number of alkyl halides is 2. The van der Waals surface area contributed by atoms with Crippen molar-refractivity contribution in [3.8, 4) is 5.75 Å². The minimum atomic E-state index is -2.92. The van der Waals surface area contributed by atoms with Crippen molar-refractivity contribution in [2.24, 2.45) is 0 Å². The Morgan fingerprint density at radius 2 is 1.82 bits per heavy atom. The van der Waals surface area contributed by atoms with Crippen LogP contribution < -0.4 is 10.1 Å². The molecule has 0 radical (unpaired) electrons. The number of nitrogens with one attached hydrogen (secondary N) is 1. The van der Waals surface area contributed by atoms with Gasteiger partial charge in [0.1, 0.15) is 5.75 Å². The first kappa shape index (κ1) is 19.5. The van der Waals surface area contributed by atoms with E-state index < -0.39 is 19.2 Å². The van der Waals surface area contributed by atoms with Crippen molar-refractivity contribution in [1.82, 2.24) is 0 Å². The van der Waals surface area contributed by atoms with E-state index in [9.17, 15) is 23.2 Å². The minimum Gasteiger partial charge on any atom is -0.457 e. The van der Waals surface area contributed by atoms with Crippen LogP contribution in [0.2, 0.25) is 0 Å². The number of hydrogen-bond acceptors (Lipinski definition) is 5. The zero-order valence-corrected chi connectivity index (χ0v) is 14.7. The lowest BCUT2D eigenvalue weighted by Crippen LogP contribution is -2.20. The standard InChI is InChI=1S/C20H17F2NO5/c21-20(22)28-15-5-1-12(2-6-15)9-19(26)27-11-17(24)14-3-7-16-13(10-14)4-8-18(25)23-16/h1-3,5-7,10,20H,4,8-9,11H2,(H,23,25). The van der Waals surface area contributed by atoms with E-state index in [1.165, 1.54) is 24.3 Å². The number of esters is 1. The fourth-order valence-corrected chi connectivity index (χ4v) is 2.79. The molecule has 1 aliphatic heterocycles. The largest absolute Gasteiger partial charge is 0.457 e. The molecule has 146 valence electrons. The Kier molecular flexibility index (Phi) is 5.98. The lowest BCUT2D eigenvalue weighted by Gasteiger charge is -2.17. The summed E-state index contributed by atoms with van der Waals surface area (Å²) < 4.78 is 33.5. The number of halogens is 2. The van der Waals surface area contributed by atoms with E-state index in [-0.39, 0.29) is 23.9 Å². The Bertz CT molecular complexity index is 896. The van der Waals surface area contributed by atoms with Crippen LogP contribution in [0, 0.1) is 0 Å². The molecular weight excluding hydrogens is 372 g/mol. The van der Waals surface area contributed by atoms with Crippen LogP contribution in [0.5, 0.6) is 5.75 Å². The molecule has 2 aromatic carbocycles. The number of fused-ring (bicyclic) bond motifs is 1. The van der Waals surface area contributed by atoms with E-state index in [1.54, 1.807) is 18.2 Å². The summed E-state index contributed by atoms with van der Waals surface area (Å²) in [4.78, 5) is 35.5. The van der Waals surface area contributed by atoms with Gasteiger partial charge < -0.3 is 14.8 Å². The van der Waals surface area contributed by atoms with Gasteiger partial charge in [0.25, 0.3) is 0 Å². The average Bonchev–Trinajstić information content (AvgIpc) is 2.67. The number of carbonyl (C=O) groups excluding carboxylic acids is 3. The van der Waals surface area contributed by atoms with Gasteiger partial charge in [-0.2, -0.15) is 8.78 Å². The van der Waals surface area contributed by atoms with Crippen LogP contribution in [0.25, 0.3) is 0 Å². The highest BCUT2D eigenvalue weighted by Gasteiger charge is 2.17. The lowest BCUT2D eigenvalue weighted by molar-refractivity contribution is -0.141. The number of anilines is 1. The van der Waals surface area contributed by atoms with Gasteiger partial charge in [-0.25, -0.2) is 0 Å². The van der Waals surface area contributed by atoms with Crippen molar-refractivity contribution < 1.29 is 32.6 Å². The van der Waals surface area contributed by atoms with Crippen LogP contribution in [0.4, 0.5) is 14.5 Å². The molecule has 1 aliphatic rings. The molecule has 0 aliphatic carbocycles. The van der Waals surface area contributed by atoms with Gasteiger partial charge in [-0.3, -0.25) is 14.4 Å². The van der Waals surface area contributed by atoms with Crippen molar-refractivity contribution in [2.75, 3.05) is 11.9 Å². The fraction of sp³-hybridized carbons (Fsp3) is 0.250. The van der Waals surface area contributed by atoms with Gasteiger partial charge in [0.2, 0.25) is 5.91 Å². The average molecular weight is 389 g/mol.